The minimum atomic E-state index is -0.172. The molecule has 0 spiro atoms. The summed E-state index contributed by atoms with van der Waals surface area (Å²) in [5.41, 5.74) is 1.13. The van der Waals surface area contributed by atoms with E-state index < -0.39 is 0 Å². The maximum Gasteiger partial charge on any atom is 0.257 e. The van der Waals surface area contributed by atoms with E-state index in [0.29, 0.717) is 23.4 Å². The van der Waals surface area contributed by atoms with E-state index in [2.05, 4.69) is 10.5 Å². The molecule has 0 fully saturated rings. The van der Waals surface area contributed by atoms with E-state index >= 15 is 0 Å². The molecule has 0 aliphatic carbocycles. The third-order valence-corrected chi connectivity index (χ3v) is 3.20. The predicted molar refractivity (Wildman–Crippen MR) is 73.1 cm³/mol. The van der Waals surface area contributed by atoms with Crippen LogP contribution in [-0.4, -0.2) is 28.8 Å². The highest BCUT2D eigenvalue weighted by molar-refractivity contribution is 5.96. The van der Waals surface area contributed by atoms with E-state index in [0.717, 1.165) is 0 Å². The Bertz CT molecular complexity index is 424. The number of carbonyl (C=O) groups is 1. The Kier molecular flexibility index (Phi) is 5.54. The average Bonchev–Trinajstić information content (AvgIpc) is 2.70. The van der Waals surface area contributed by atoms with Gasteiger partial charge in [0.15, 0.2) is 5.76 Å². The molecule has 2 N–H and O–H groups in total. The molecule has 0 aliphatic heterocycles. The molecule has 5 nitrogen and oxygen atoms in total. The van der Waals surface area contributed by atoms with Crippen LogP contribution >= 0.6 is 0 Å². The molecule has 0 bridgehead atoms. The first-order valence-corrected chi connectivity index (χ1v) is 6.76. The molecule has 5 heteroatoms. The van der Waals surface area contributed by atoms with Gasteiger partial charge >= 0.3 is 0 Å². The Hall–Kier alpha value is -1.36. The standard InChI is InChI=1S/C14H24N2O3/c1-8(2)11(6-7-17)15-14(18)12-10(5)16-19-13(12)9(3)4/h8-9,11,17H,6-7H2,1-5H3,(H,15,18). The molecular weight excluding hydrogens is 244 g/mol. The summed E-state index contributed by atoms with van der Waals surface area (Å²) in [5, 5.41) is 15.9. The lowest BCUT2D eigenvalue weighted by Gasteiger charge is -2.21. The van der Waals surface area contributed by atoms with Crippen molar-refractivity contribution >= 4 is 5.91 Å². The fourth-order valence-corrected chi connectivity index (χ4v) is 2.01. The van der Waals surface area contributed by atoms with Crippen molar-refractivity contribution < 1.29 is 14.4 Å². The van der Waals surface area contributed by atoms with E-state index in [4.69, 9.17) is 9.63 Å². The normalized spacial score (nSPS) is 13.1. The molecule has 0 saturated carbocycles. The molecule has 1 atom stereocenters. The fourth-order valence-electron chi connectivity index (χ4n) is 2.01. The van der Waals surface area contributed by atoms with Gasteiger partial charge in [-0.2, -0.15) is 0 Å². The summed E-state index contributed by atoms with van der Waals surface area (Å²) in [6, 6.07) is -0.0492. The molecule has 1 unspecified atom stereocenters. The van der Waals surface area contributed by atoms with Crippen LogP contribution in [0.5, 0.6) is 0 Å². The van der Waals surface area contributed by atoms with Crippen LogP contribution in [0.3, 0.4) is 0 Å². The van der Waals surface area contributed by atoms with Gasteiger partial charge in [-0.25, -0.2) is 0 Å². The van der Waals surface area contributed by atoms with Crippen molar-refractivity contribution in [2.24, 2.45) is 5.92 Å². The molecule has 1 aromatic heterocycles. The van der Waals surface area contributed by atoms with Gasteiger partial charge in [-0.15, -0.1) is 0 Å². The topological polar surface area (TPSA) is 75.4 Å². The zero-order valence-electron chi connectivity index (χ0n) is 12.4. The molecule has 0 radical (unpaired) electrons. The van der Waals surface area contributed by atoms with Crippen LogP contribution in [0.15, 0.2) is 4.52 Å². The van der Waals surface area contributed by atoms with Crippen molar-refractivity contribution in [1.29, 1.82) is 0 Å². The predicted octanol–water partition coefficient (Wildman–Crippen LogP) is 2.24. The van der Waals surface area contributed by atoms with Crippen molar-refractivity contribution in [3.63, 3.8) is 0 Å². The van der Waals surface area contributed by atoms with Gasteiger partial charge < -0.3 is 14.9 Å². The van der Waals surface area contributed by atoms with Crippen LogP contribution in [0.4, 0.5) is 0 Å². The maximum absolute atomic E-state index is 12.3. The van der Waals surface area contributed by atoms with Crippen molar-refractivity contribution in [3.8, 4) is 0 Å². The zero-order valence-corrected chi connectivity index (χ0v) is 12.4. The fraction of sp³-hybridized carbons (Fsp3) is 0.714. The summed E-state index contributed by atoms with van der Waals surface area (Å²) in [7, 11) is 0. The van der Waals surface area contributed by atoms with E-state index in [1.54, 1.807) is 6.92 Å². The van der Waals surface area contributed by atoms with Crippen LogP contribution < -0.4 is 5.32 Å². The largest absolute Gasteiger partial charge is 0.396 e. The van der Waals surface area contributed by atoms with Gasteiger partial charge in [0, 0.05) is 18.6 Å². The Balaban J connectivity index is 2.91. The van der Waals surface area contributed by atoms with Gasteiger partial charge in [0.25, 0.3) is 5.91 Å². The molecule has 19 heavy (non-hydrogen) atoms. The molecular formula is C14H24N2O3. The number of hydrogen-bond donors (Lipinski definition) is 2. The van der Waals surface area contributed by atoms with Gasteiger partial charge in [-0.05, 0) is 19.3 Å². The van der Waals surface area contributed by atoms with E-state index in [1.165, 1.54) is 0 Å². The first-order chi connectivity index (χ1) is 8.88. The number of carbonyl (C=O) groups excluding carboxylic acids is 1. The minimum Gasteiger partial charge on any atom is -0.396 e. The monoisotopic (exact) mass is 268 g/mol. The number of amides is 1. The number of aliphatic hydroxyl groups excluding tert-OH is 1. The molecule has 1 rings (SSSR count). The highest BCUT2D eigenvalue weighted by atomic mass is 16.5. The Morgan fingerprint density at radius 2 is 2.00 bits per heavy atom. The molecule has 1 amide bonds. The van der Waals surface area contributed by atoms with Gasteiger partial charge in [0.2, 0.25) is 0 Å². The lowest BCUT2D eigenvalue weighted by molar-refractivity contribution is 0.0913. The van der Waals surface area contributed by atoms with Crippen LogP contribution in [-0.2, 0) is 0 Å². The lowest BCUT2D eigenvalue weighted by atomic mass is 9.99. The number of aryl methyl sites for hydroxylation is 1. The number of hydrogen-bond acceptors (Lipinski definition) is 4. The molecule has 108 valence electrons. The molecule has 0 saturated heterocycles. The first-order valence-electron chi connectivity index (χ1n) is 6.76. The first kappa shape index (κ1) is 15.7. The van der Waals surface area contributed by atoms with E-state index in [9.17, 15) is 4.79 Å². The number of nitrogens with zero attached hydrogens (tertiary/aromatic N) is 1. The van der Waals surface area contributed by atoms with E-state index in [-0.39, 0.29) is 30.4 Å². The summed E-state index contributed by atoms with van der Waals surface area (Å²) in [6.45, 7) is 9.78. The SMILES string of the molecule is Cc1noc(C(C)C)c1C(=O)NC(CCO)C(C)C. The lowest BCUT2D eigenvalue weighted by Crippen LogP contribution is -2.39. The molecule has 1 heterocycles. The summed E-state index contributed by atoms with van der Waals surface area (Å²) < 4.78 is 5.22. The van der Waals surface area contributed by atoms with Crippen molar-refractivity contribution in [3.05, 3.63) is 17.0 Å². The van der Waals surface area contributed by atoms with Crippen LogP contribution in [0.1, 0.15) is 61.8 Å². The summed E-state index contributed by atoms with van der Waals surface area (Å²) in [5.74, 6) is 0.812. The highest BCUT2D eigenvalue weighted by Gasteiger charge is 2.25. The minimum absolute atomic E-state index is 0.0492. The molecule has 1 aromatic rings. The number of aromatic nitrogens is 1. The Labute approximate surface area is 114 Å². The number of nitrogens with one attached hydrogen (secondary N) is 1. The highest BCUT2D eigenvalue weighted by Crippen LogP contribution is 2.22. The van der Waals surface area contributed by atoms with Gasteiger partial charge in [-0.3, -0.25) is 4.79 Å². The second-order valence-electron chi connectivity index (χ2n) is 5.50. The number of rotatable bonds is 6. The second kappa shape index (κ2) is 6.70. The smallest absolute Gasteiger partial charge is 0.257 e. The van der Waals surface area contributed by atoms with Crippen molar-refractivity contribution in [1.82, 2.24) is 10.5 Å². The summed E-state index contributed by atoms with van der Waals surface area (Å²) in [6.07, 6.45) is 0.546. The van der Waals surface area contributed by atoms with Crippen LogP contribution in [0.2, 0.25) is 0 Å². The van der Waals surface area contributed by atoms with E-state index in [1.807, 2.05) is 27.7 Å². The summed E-state index contributed by atoms with van der Waals surface area (Å²) in [4.78, 5) is 12.3. The quantitative estimate of drug-likeness (QED) is 0.829. The van der Waals surface area contributed by atoms with Crippen LogP contribution in [0.25, 0.3) is 0 Å². The van der Waals surface area contributed by atoms with Crippen LogP contribution in [0, 0.1) is 12.8 Å². The maximum atomic E-state index is 12.3. The van der Waals surface area contributed by atoms with Gasteiger partial charge in [0.1, 0.15) is 5.56 Å². The van der Waals surface area contributed by atoms with Crippen molar-refractivity contribution in [2.75, 3.05) is 6.61 Å². The molecule has 0 aromatic carbocycles. The van der Waals surface area contributed by atoms with Gasteiger partial charge in [-0.1, -0.05) is 32.9 Å². The Morgan fingerprint density at radius 1 is 1.37 bits per heavy atom. The summed E-state index contributed by atoms with van der Waals surface area (Å²) >= 11 is 0. The third kappa shape index (κ3) is 3.80. The number of aliphatic hydroxyl groups is 1. The average molecular weight is 268 g/mol. The third-order valence-electron chi connectivity index (χ3n) is 3.20. The molecule has 0 aliphatic rings. The Morgan fingerprint density at radius 3 is 2.47 bits per heavy atom. The van der Waals surface area contributed by atoms with Crippen molar-refractivity contribution in [2.45, 2.75) is 53.0 Å². The van der Waals surface area contributed by atoms with Gasteiger partial charge in [0.05, 0.1) is 5.69 Å². The second-order valence-corrected chi connectivity index (χ2v) is 5.50. The zero-order chi connectivity index (χ0) is 14.6.